The first-order chi connectivity index (χ1) is 9.61. The number of hydrogen-bond donors (Lipinski definition) is 1. The SMILES string of the molecule is CNC(C)c1ccc(OCCc2nccn2C)c(F)c1. The van der Waals surface area contributed by atoms with Gasteiger partial charge in [0.2, 0.25) is 0 Å². The molecular weight excluding hydrogens is 257 g/mol. The number of imidazole rings is 1. The molecule has 0 saturated carbocycles. The van der Waals surface area contributed by atoms with E-state index in [-0.39, 0.29) is 17.6 Å². The van der Waals surface area contributed by atoms with Crippen LogP contribution in [0.15, 0.2) is 30.6 Å². The molecule has 2 rings (SSSR count). The summed E-state index contributed by atoms with van der Waals surface area (Å²) in [6.45, 7) is 2.39. The maximum Gasteiger partial charge on any atom is 0.165 e. The van der Waals surface area contributed by atoms with E-state index < -0.39 is 0 Å². The van der Waals surface area contributed by atoms with Gasteiger partial charge in [0.15, 0.2) is 11.6 Å². The smallest absolute Gasteiger partial charge is 0.165 e. The van der Waals surface area contributed by atoms with E-state index in [4.69, 9.17) is 4.74 Å². The highest BCUT2D eigenvalue weighted by molar-refractivity contribution is 5.30. The summed E-state index contributed by atoms with van der Waals surface area (Å²) in [5.74, 6) is 0.876. The summed E-state index contributed by atoms with van der Waals surface area (Å²) in [5.41, 5.74) is 0.904. The van der Waals surface area contributed by atoms with Crippen LogP contribution >= 0.6 is 0 Å². The van der Waals surface area contributed by atoms with Gasteiger partial charge in [-0.2, -0.15) is 0 Å². The number of halogens is 1. The fourth-order valence-corrected chi connectivity index (χ4v) is 1.96. The summed E-state index contributed by atoms with van der Waals surface area (Å²) < 4.78 is 21.3. The van der Waals surface area contributed by atoms with Gasteiger partial charge in [0.25, 0.3) is 0 Å². The minimum atomic E-state index is -0.329. The lowest BCUT2D eigenvalue weighted by molar-refractivity contribution is 0.301. The molecule has 0 radical (unpaired) electrons. The van der Waals surface area contributed by atoms with Crippen molar-refractivity contribution in [2.75, 3.05) is 13.7 Å². The third-order valence-electron chi connectivity index (χ3n) is 3.39. The lowest BCUT2D eigenvalue weighted by atomic mass is 10.1. The maximum absolute atomic E-state index is 13.9. The van der Waals surface area contributed by atoms with Crippen LogP contribution in [0.1, 0.15) is 24.4 Å². The number of benzene rings is 1. The summed E-state index contributed by atoms with van der Waals surface area (Å²) >= 11 is 0. The molecular formula is C15H20FN3O. The zero-order chi connectivity index (χ0) is 14.5. The Kier molecular flexibility index (Phi) is 4.74. The number of nitrogens with one attached hydrogen (secondary N) is 1. The normalized spacial score (nSPS) is 12.4. The minimum Gasteiger partial charge on any atom is -0.490 e. The van der Waals surface area contributed by atoms with Crippen LogP contribution in [0.3, 0.4) is 0 Å². The molecule has 1 unspecified atom stereocenters. The molecule has 0 aliphatic rings. The maximum atomic E-state index is 13.9. The van der Waals surface area contributed by atoms with Gasteiger partial charge in [-0.3, -0.25) is 0 Å². The van der Waals surface area contributed by atoms with Gasteiger partial charge in [-0.1, -0.05) is 6.07 Å². The summed E-state index contributed by atoms with van der Waals surface area (Å²) in [5, 5.41) is 3.08. The van der Waals surface area contributed by atoms with Crippen molar-refractivity contribution in [2.24, 2.45) is 7.05 Å². The van der Waals surface area contributed by atoms with Crippen LogP contribution in [0.4, 0.5) is 4.39 Å². The lowest BCUT2D eigenvalue weighted by Gasteiger charge is -2.13. The van der Waals surface area contributed by atoms with Crippen LogP contribution in [-0.4, -0.2) is 23.2 Å². The van der Waals surface area contributed by atoms with Crippen molar-refractivity contribution in [2.45, 2.75) is 19.4 Å². The van der Waals surface area contributed by atoms with Crippen molar-refractivity contribution in [1.82, 2.24) is 14.9 Å². The van der Waals surface area contributed by atoms with Gasteiger partial charge in [-0.05, 0) is 31.7 Å². The highest BCUT2D eigenvalue weighted by atomic mass is 19.1. The Balaban J connectivity index is 1.95. The molecule has 0 aliphatic carbocycles. The highest BCUT2D eigenvalue weighted by Gasteiger charge is 2.09. The molecule has 1 atom stereocenters. The minimum absolute atomic E-state index is 0.117. The second kappa shape index (κ2) is 6.52. The number of aromatic nitrogens is 2. The van der Waals surface area contributed by atoms with Gasteiger partial charge in [0, 0.05) is 31.9 Å². The molecule has 0 saturated heterocycles. The largest absolute Gasteiger partial charge is 0.490 e. The van der Waals surface area contributed by atoms with Crippen molar-refractivity contribution in [3.63, 3.8) is 0 Å². The average molecular weight is 277 g/mol. The fraction of sp³-hybridized carbons (Fsp3) is 0.400. The lowest BCUT2D eigenvalue weighted by Crippen LogP contribution is -2.12. The molecule has 2 aromatic rings. The third-order valence-corrected chi connectivity index (χ3v) is 3.39. The fourth-order valence-electron chi connectivity index (χ4n) is 1.96. The first-order valence-corrected chi connectivity index (χ1v) is 6.67. The van der Waals surface area contributed by atoms with Crippen LogP contribution in [0.25, 0.3) is 0 Å². The van der Waals surface area contributed by atoms with Crippen LogP contribution in [0.2, 0.25) is 0 Å². The molecule has 0 aliphatic heterocycles. The molecule has 108 valence electrons. The summed E-state index contributed by atoms with van der Waals surface area (Å²) in [7, 11) is 3.77. The van der Waals surface area contributed by atoms with Crippen LogP contribution in [0.5, 0.6) is 5.75 Å². The molecule has 1 heterocycles. The summed E-state index contributed by atoms with van der Waals surface area (Å²) in [6, 6.07) is 5.18. The topological polar surface area (TPSA) is 39.1 Å². The summed E-state index contributed by atoms with van der Waals surface area (Å²) in [4.78, 5) is 4.20. The highest BCUT2D eigenvalue weighted by Crippen LogP contribution is 2.22. The predicted molar refractivity (Wildman–Crippen MR) is 76.3 cm³/mol. The molecule has 0 bridgehead atoms. The zero-order valence-electron chi connectivity index (χ0n) is 12.1. The van der Waals surface area contributed by atoms with E-state index in [1.165, 1.54) is 6.07 Å². The van der Waals surface area contributed by atoms with E-state index in [1.54, 1.807) is 12.3 Å². The summed E-state index contributed by atoms with van der Waals surface area (Å²) in [6.07, 6.45) is 4.27. The van der Waals surface area contributed by atoms with Crippen molar-refractivity contribution in [3.8, 4) is 5.75 Å². The Bertz CT molecular complexity index is 568. The molecule has 5 heteroatoms. The molecule has 1 N–H and O–H groups in total. The van der Waals surface area contributed by atoms with Crippen LogP contribution in [-0.2, 0) is 13.5 Å². The monoisotopic (exact) mass is 277 g/mol. The van der Waals surface area contributed by atoms with Crippen LogP contribution < -0.4 is 10.1 Å². The number of ether oxygens (including phenoxy) is 1. The Labute approximate surface area is 118 Å². The van der Waals surface area contributed by atoms with Gasteiger partial charge >= 0.3 is 0 Å². The van der Waals surface area contributed by atoms with Gasteiger partial charge in [0.1, 0.15) is 5.82 Å². The third kappa shape index (κ3) is 3.36. The Morgan fingerprint density at radius 2 is 2.25 bits per heavy atom. The predicted octanol–water partition coefficient (Wildman–Crippen LogP) is 2.46. The first-order valence-electron chi connectivity index (χ1n) is 6.67. The molecule has 20 heavy (non-hydrogen) atoms. The molecule has 0 spiro atoms. The van der Waals surface area contributed by atoms with Crippen LogP contribution in [0, 0.1) is 5.82 Å². The molecule has 0 amide bonds. The Morgan fingerprint density at radius 3 is 2.85 bits per heavy atom. The van der Waals surface area contributed by atoms with Gasteiger partial charge in [0.05, 0.1) is 6.61 Å². The van der Waals surface area contributed by atoms with Gasteiger partial charge in [-0.15, -0.1) is 0 Å². The number of nitrogens with zero attached hydrogens (tertiary/aromatic N) is 2. The van der Waals surface area contributed by atoms with Crippen molar-refractivity contribution >= 4 is 0 Å². The van der Waals surface area contributed by atoms with Gasteiger partial charge < -0.3 is 14.6 Å². The van der Waals surface area contributed by atoms with E-state index in [1.807, 2.05) is 37.8 Å². The van der Waals surface area contributed by atoms with Gasteiger partial charge in [-0.25, -0.2) is 9.37 Å². The van der Waals surface area contributed by atoms with Crippen molar-refractivity contribution in [3.05, 3.63) is 47.8 Å². The quantitative estimate of drug-likeness (QED) is 0.881. The average Bonchev–Trinajstić information content (AvgIpc) is 2.85. The number of rotatable bonds is 6. The van der Waals surface area contributed by atoms with Crippen molar-refractivity contribution in [1.29, 1.82) is 0 Å². The van der Waals surface area contributed by atoms with E-state index in [0.29, 0.717) is 13.0 Å². The van der Waals surface area contributed by atoms with E-state index in [2.05, 4.69) is 10.3 Å². The Morgan fingerprint density at radius 1 is 1.45 bits per heavy atom. The molecule has 1 aromatic carbocycles. The molecule has 0 fully saturated rings. The first kappa shape index (κ1) is 14.5. The number of aryl methyl sites for hydroxylation is 1. The van der Waals surface area contributed by atoms with E-state index >= 15 is 0 Å². The zero-order valence-corrected chi connectivity index (χ0v) is 12.1. The second-order valence-corrected chi connectivity index (χ2v) is 4.75. The van der Waals surface area contributed by atoms with E-state index in [9.17, 15) is 4.39 Å². The van der Waals surface area contributed by atoms with E-state index in [0.717, 1.165) is 11.4 Å². The molecule has 1 aromatic heterocycles. The number of hydrogen-bond acceptors (Lipinski definition) is 3. The Hall–Kier alpha value is -1.88. The van der Waals surface area contributed by atoms with Crippen molar-refractivity contribution < 1.29 is 9.13 Å². The standard InChI is InChI=1S/C15H20FN3O/c1-11(17-2)12-4-5-14(13(16)10-12)20-9-6-15-18-7-8-19(15)3/h4-5,7-8,10-11,17H,6,9H2,1-3H3. The molecule has 4 nitrogen and oxygen atoms in total. The second-order valence-electron chi connectivity index (χ2n) is 4.75.